The zero-order valence-corrected chi connectivity index (χ0v) is 39.0. The van der Waals surface area contributed by atoms with Gasteiger partial charge in [-0.15, -0.1) is 0 Å². The molecule has 0 bridgehead atoms. The molecule has 2 amide bonds. The molecule has 2 atom stereocenters. The number of nitrogens with one attached hydrogen (secondary N) is 3. The number of hydrogen-bond donors (Lipinski definition) is 5. The number of nitrogens with zero attached hydrogens (tertiary/aromatic N) is 2. The predicted molar refractivity (Wildman–Crippen MR) is 263 cm³/mol. The number of aromatic nitrogens is 1. The SMILES string of the molecule is COc1cc(C(=O)NCC(=O)N2CCC(COc3cccc(C(C(=O)OCC4CCN(Cc5ccccc5)CC4)c4ccccc4)c3)CC2)ccc1CNC[C@H](O)c1ccc(O)c2[nH]c(=O)ccc12. The number of aliphatic hydroxyl groups is 1. The van der Waals surface area contributed by atoms with Crippen molar-refractivity contribution < 1.29 is 38.8 Å². The lowest BCUT2D eigenvalue weighted by Gasteiger charge is -2.32. The lowest BCUT2D eigenvalue weighted by atomic mass is 9.91. The van der Waals surface area contributed by atoms with E-state index in [1.165, 1.54) is 24.8 Å². The number of carbonyl (C=O) groups excluding carboxylic acids is 3. The first kappa shape index (κ1) is 48.5. The minimum absolute atomic E-state index is 0.0842. The molecule has 14 nitrogen and oxygen atoms in total. The number of hydrogen-bond acceptors (Lipinski definition) is 11. The van der Waals surface area contributed by atoms with Crippen molar-refractivity contribution in [2.75, 3.05) is 59.6 Å². The first-order chi connectivity index (χ1) is 33.6. The lowest BCUT2D eigenvalue weighted by molar-refractivity contribution is -0.146. The van der Waals surface area contributed by atoms with Crippen LogP contribution in [-0.4, -0.2) is 102 Å². The van der Waals surface area contributed by atoms with Crippen LogP contribution < -0.4 is 25.7 Å². The van der Waals surface area contributed by atoms with Crippen molar-refractivity contribution in [1.29, 1.82) is 0 Å². The van der Waals surface area contributed by atoms with Gasteiger partial charge < -0.3 is 44.9 Å². The Balaban J connectivity index is 0.767. The molecule has 2 fully saturated rings. The van der Waals surface area contributed by atoms with E-state index in [0.29, 0.717) is 66.8 Å². The third-order valence-electron chi connectivity index (χ3n) is 13.3. The van der Waals surface area contributed by atoms with Gasteiger partial charge >= 0.3 is 5.97 Å². The van der Waals surface area contributed by atoms with Crippen LogP contribution in [0.15, 0.2) is 132 Å². The van der Waals surface area contributed by atoms with Crippen LogP contribution in [0.1, 0.15) is 75.9 Å². The number of methoxy groups -OCH3 is 1. The Morgan fingerprint density at radius 2 is 1.49 bits per heavy atom. The molecule has 8 rings (SSSR count). The maximum absolute atomic E-state index is 13.9. The number of phenolic OH excluding ortho intramolecular Hbond substituents is 1. The third-order valence-corrected chi connectivity index (χ3v) is 13.3. The predicted octanol–water partition coefficient (Wildman–Crippen LogP) is 6.70. The number of aliphatic hydroxyl groups excluding tert-OH is 1. The van der Waals surface area contributed by atoms with Gasteiger partial charge in [-0.2, -0.15) is 0 Å². The Bertz CT molecular complexity index is 2730. The monoisotopic (exact) mass is 935 g/mol. The van der Waals surface area contributed by atoms with Crippen molar-refractivity contribution in [2.24, 2.45) is 11.8 Å². The molecule has 5 N–H and O–H groups in total. The molecule has 3 heterocycles. The van der Waals surface area contributed by atoms with Crippen molar-refractivity contribution in [3.8, 4) is 17.2 Å². The summed E-state index contributed by atoms with van der Waals surface area (Å²) in [7, 11) is 1.51. The van der Waals surface area contributed by atoms with Crippen LogP contribution in [0.3, 0.4) is 0 Å². The van der Waals surface area contributed by atoms with Gasteiger partial charge in [-0.25, -0.2) is 0 Å². The molecule has 14 heteroatoms. The second-order valence-electron chi connectivity index (χ2n) is 18.0. The summed E-state index contributed by atoms with van der Waals surface area (Å²) in [5.74, 6) is 0.183. The van der Waals surface area contributed by atoms with Gasteiger partial charge in [-0.3, -0.25) is 24.1 Å². The van der Waals surface area contributed by atoms with E-state index >= 15 is 0 Å². The van der Waals surface area contributed by atoms with Crippen LogP contribution in [-0.2, 0) is 27.4 Å². The highest BCUT2D eigenvalue weighted by Gasteiger charge is 2.28. The summed E-state index contributed by atoms with van der Waals surface area (Å²) in [6.45, 7) is 5.20. The van der Waals surface area contributed by atoms with Gasteiger partial charge in [0.15, 0.2) is 0 Å². The van der Waals surface area contributed by atoms with E-state index in [1.54, 1.807) is 35.2 Å². The number of phenols is 1. The van der Waals surface area contributed by atoms with E-state index in [4.69, 9.17) is 14.2 Å². The van der Waals surface area contributed by atoms with Crippen molar-refractivity contribution in [3.05, 3.63) is 171 Å². The molecule has 69 heavy (non-hydrogen) atoms. The fourth-order valence-electron chi connectivity index (χ4n) is 9.30. The van der Waals surface area contributed by atoms with Crippen LogP contribution in [0.2, 0.25) is 0 Å². The number of fused-ring (bicyclic) bond motifs is 1. The molecule has 2 aliphatic rings. The van der Waals surface area contributed by atoms with Crippen LogP contribution in [0, 0.1) is 11.8 Å². The highest BCUT2D eigenvalue weighted by molar-refractivity contribution is 5.97. The van der Waals surface area contributed by atoms with E-state index in [0.717, 1.165) is 62.0 Å². The van der Waals surface area contributed by atoms with Crippen LogP contribution >= 0.6 is 0 Å². The highest BCUT2D eigenvalue weighted by atomic mass is 16.5. The maximum Gasteiger partial charge on any atom is 0.317 e. The number of amides is 2. The summed E-state index contributed by atoms with van der Waals surface area (Å²) in [6.07, 6.45) is 2.53. The molecule has 1 aromatic heterocycles. The number of ether oxygens (including phenoxy) is 3. The number of carbonyl (C=O) groups is 3. The summed E-state index contributed by atoms with van der Waals surface area (Å²) in [5.41, 5.74) is 4.53. The number of benzene rings is 5. The summed E-state index contributed by atoms with van der Waals surface area (Å²) in [4.78, 5) is 58.9. The largest absolute Gasteiger partial charge is 0.506 e. The molecule has 0 spiro atoms. The second-order valence-corrected chi connectivity index (χ2v) is 18.0. The minimum atomic E-state index is -0.941. The Morgan fingerprint density at radius 1 is 0.783 bits per heavy atom. The van der Waals surface area contributed by atoms with Crippen molar-refractivity contribution in [1.82, 2.24) is 25.4 Å². The summed E-state index contributed by atoms with van der Waals surface area (Å²) >= 11 is 0. The second kappa shape index (κ2) is 23.3. The molecule has 2 saturated heterocycles. The molecule has 0 aliphatic carbocycles. The quantitative estimate of drug-likeness (QED) is 0.0546. The van der Waals surface area contributed by atoms with Gasteiger partial charge in [-0.05, 0) is 109 Å². The number of rotatable bonds is 19. The molecule has 360 valence electrons. The van der Waals surface area contributed by atoms with E-state index in [-0.39, 0.29) is 47.7 Å². The van der Waals surface area contributed by atoms with Crippen LogP contribution in [0.5, 0.6) is 17.2 Å². The average molecular weight is 936 g/mol. The number of esters is 1. The number of piperidine rings is 2. The van der Waals surface area contributed by atoms with Crippen LogP contribution in [0.4, 0.5) is 0 Å². The molecule has 5 aromatic carbocycles. The van der Waals surface area contributed by atoms with Crippen LogP contribution in [0.25, 0.3) is 10.9 Å². The molecule has 2 aliphatic heterocycles. The standard InChI is InChI=1S/C55H61N5O9/c1-67-49-30-42(15-16-43(49)31-56-32-48(62)45-17-19-47(61)53-46(45)18-20-50(63)58-53)54(65)57-33-51(64)60-27-23-39(24-28-60)35-68-44-14-8-13-41(29-44)52(40-11-6-3-7-12-40)55(66)69-36-38-21-25-59(26-22-38)34-37-9-4-2-5-10-37/h2-20,29-30,38-39,48,52,56,61-62H,21-28,31-36H2,1H3,(H,57,65)(H,58,63)/t48-,52?/m0/s1. The normalized spacial score (nSPS) is 15.6. The molecule has 1 unspecified atom stereocenters. The van der Waals surface area contributed by atoms with Crippen molar-refractivity contribution in [3.63, 3.8) is 0 Å². The Kier molecular flexibility index (Phi) is 16.4. The summed E-state index contributed by atoms with van der Waals surface area (Å²) in [5, 5.41) is 27.6. The van der Waals surface area contributed by atoms with Gasteiger partial charge in [0.1, 0.15) is 23.2 Å². The molecule has 0 radical (unpaired) electrons. The van der Waals surface area contributed by atoms with E-state index in [2.05, 4.69) is 44.8 Å². The number of pyridine rings is 1. The molecule has 6 aromatic rings. The fourth-order valence-corrected chi connectivity index (χ4v) is 9.30. The van der Waals surface area contributed by atoms with Gasteiger partial charge in [-0.1, -0.05) is 84.9 Å². The van der Waals surface area contributed by atoms with Gasteiger partial charge in [0, 0.05) is 55.3 Å². The van der Waals surface area contributed by atoms with Crippen molar-refractivity contribution >= 4 is 28.7 Å². The third kappa shape index (κ3) is 12.8. The average Bonchev–Trinajstić information content (AvgIpc) is 3.38. The first-order valence-corrected chi connectivity index (χ1v) is 23.8. The maximum atomic E-state index is 13.9. The zero-order chi connectivity index (χ0) is 48.1. The zero-order valence-electron chi connectivity index (χ0n) is 39.0. The van der Waals surface area contributed by atoms with E-state index in [1.807, 2.05) is 60.7 Å². The van der Waals surface area contributed by atoms with Gasteiger partial charge in [0.05, 0.1) is 38.5 Å². The smallest absolute Gasteiger partial charge is 0.317 e. The fraction of sp³-hybridized carbons (Fsp3) is 0.345. The Labute approximate surface area is 402 Å². The Morgan fingerprint density at radius 3 is 2.25 bits per heavy atom. The number of H-pyrrole nitrogens is 1. The Hall–Kier alpha value is -7.00. The number of aromatic hydroxyl groups is 1. The highest BCUT2D eigenvalue weighted by Crippen LogP contribution is 2.32. The van der Waals surface area contributed by atoms with E-state index in [9.17, 15) is 29.4 Å². The summed E-state index contributed by atoms with van der Waals surface area (Å²) in [6, 6.07) is 38.9. The molecular formula is C55H61N5O9. The minimum Gasteiger partial charge on any atom is -0.506 e. The topological polar surface area (TPSA) is 183 Å². The van der Waals surface area contributed by atoms with Gasteiger partial charge in [0.25, 0.3) is 5.91 Å². The van der Waals surface area contributed by atoms with Gasteiger partial charge in [0.2, 0.25) is 11.5 Å². The molecule has 0 saturated carbocycles. The van der Waals surface area contributed by atoms with Crippen molar-refractivity contribution in [2.45, 2.75) is 50.8 Å². The number of likely N-dealkylation sites (tertiary alicyclic amines) is 2. The summed E-state index contributed by atoms with van der Waals surface area (Å²) < 4.78 is 18.0. The first-order valence-electron chi connectivity index (χ1n) is 23.8. The lowest BCUT2D eigenvalue weighted by Crippen LogP contribution is -2.44. The molecular weight excluding hydrogens is 875 g/mol. The number of aromatic amines is 1. The van der Waals surface area contributed by atoms with E-state index < -0.39 is 17.9 Å².